The van der Waals surface area contributed by atoms with Crippen LogP contribution in [0.1, 0.15) is 38.6 Å². The van der Waals surface area contributed by atoms with Crippen LogP contribution in [-0.2, 0) is 4.79 Å². The van der Waals surface area contributed by atoms with Gasteiger partial charge in [0.05, 0.1) is 12.6 Å². The van der Waals surface area contributed by atoms with Gasteiger partial charge in [-0.15, -0.1) is 5.10 Å². The Hall–Kier alpha value is -2.44. The van der Waals surface area contributed by atoms with Crippen molar-refractivity contribution in [1.29, 1.82) is 0 Å². The highest BCUT2D eigenvalue weighted by Gasteiger charge is 2.28. The van der Waals surface area contributed by atoms with E-state index in [1.54, 1.807) is 0 Å². The summed E-state index contributed by atoms with van der Waals surface area (Å²) < 4.78 is 1.91. The molecule has 0 unspecified atom stereocenters. The number of nitrogens with one attached hydrogen (secondary N) is 1. The molecule has 7 nitrogen and oxygen atoms in total. The molecule has 1 aliphatic heterocycles. The number of hydrogen-bond donors (Lipinski definition) is 1. The first kappa shape index (κ1) is 16.1. The maximum Gasteiger partial charge on any atom is 0.241 e. The molecule has 1 aliphatic carbocycles. The molecular weight excluding hydrogens is 316 g/mol. The number of amides is 1. The number of tetrazole rings is 1. The number of aromatic nitrogens is 4. The Morgan fingerprint density at radius 1 is 1.24 bits per heavy atom. The zero-order valence-corrected chi connectivity index (χ0v) is 14.6. The molecule has 2 fully saturated rings. The lowest BCUT2D eigenvalue weighted by Gasteiger charge is -2.31. The van der Waals surface area contributed by atoms with E-state index in [1.165, 1.54) is 6.42 Å². The summed E-state index contributed by atoms with van der Waals surface area (Å²) in [6, 6.07) is 8.41. The van der Waals surface area contributed by atoms with Gasteiger partial charge in [0.15, 0.2) is 5.82 Å². The van der Waals surface area contributed by atoms with Crippen LogP contribution in [0.15, 0.2) is 24.3 Å². The largest absolute Gasteiger partial charge is 0.376 e. The zero-order valence-electron chi connectivity index (χ0n) is 14.6. The van der Waals surface area contributed by atoms with E-state index in [0.717, 1.165) is 49.4 Å². The second-order valence-corrected chi connectivity index (χ2v) is 7.20. The number of rotatable bonds is 5. The molecule has 0 bridgehead atoms. The second-order valence-electron chi connectivity index (χ2n) is 7.20. The summed E-state index contributed by atoms with van der Waals surface area (Å²) in [5.41, 5.74) is 1.94. The normalized spacial score (nSPS) is 20.5. The van der Waals surface area contributed by atoms with Crippen LogP contribution in [0.25, 0.3) is 11.4 Å². The molecule has 0 spiro atoms. The molecule has 7 heteroatoms. The van der Waals surface area contributed by atoms with Crippen molar-refractivity contribution < 1.29 is 4.79 Å². The summed E-state index contributed by atoms with van der Waals surface area (Å²) in [6.45, 7) is 4.31. The molecule has 1 N–H and O–H groups in total. The molecule has 1 amide bonds. The minimum atomic E-state index is 0.174. The Labute approximate surface area is 147 Å². The van der Waals surface area contributed by atoms with Crippen LogP contribution in [0.5, 0.6) is 0 Å². The molecule has 1 aromatic heterocycles. The van der Waals surface area contributed by atoms with Gasteiger partial charge in [-0.3, -0.25) is 4.79 Å². The predicted octanol–water partition coefficient (Wildman–Crippen LogP) is 2.35. The molecule has 1 saturated heterocycles. The van der Waals surface area contributed by atoms with Gasteiger partial charge in [-0.2, -0.15) is 0 Å². The number of benzene rings is 1. The maximum absolute atomic E-state index is 12.3. The van der Waals surface area contributed by atoms with Crippen molar-refractivity contribution >= 4 is 11.6 Å². The number of anilines is 1. The molecule has 132 valence electrons. The lowest BCUT2D eigenvalue weighted by Crippen LogP contribution is -2.41. The van der Waals surface area contributed by atoms with Gasteiger partial charge in [-0.1, -0.05) is 6.92 Å². The lowest BCUT2D eigenvalue weighted by molar-refractivity contribution is -0.130. The van der Waals surface area contributed by atoms with Crippen LogP contribution in [0.3, 0.4) is 0 Å². The second kappa shape index (κ2) is 6.82. The van der Waals surface area contributed by atoms with Gasteiger partial charge >= 0.3 is 0 Å². The van der Waals surface area contributed by atoms with Crippen molar-refractivity contribution in [3.63, 3.8) is 0 Å². The third-order valence-corrected chi connectivity index (χ3v) is 4.98. The number of hydrogen-bond acceptors (Lipinski definition) is 5. The molecule has 2 aliphatic rings. The van der Waals surface area contributed by atoms with Crippen LogP contribution in [0, 0.1) is 5.92 Å². The van der Waals surface area contributed by atoms with Gasteiger partial charge in [-0.25, -0.2) is 4.68 Å². The minimum Gasteiger partial charge on any atom is -0.376 e. The van der Waals surface area contributed by atoms with E-state index in [0.29, 0.717) is 18.5 Å². The van der Waals surface area contributed by atoms with E-state index in [4.69, 9.17) is 0 Å². The van der Waals surface area contributed by atoms with Gasteiger partial charge in [0, 0.05) is 24.3 Å². The quantitative estimate of drug-likeness (QED) is 0.904. The number of likely N-dealkylation sites (tertiary alicyclic amines) is 1. The topological polar surface area (TPSA) is 75.9 Å². The summed E-state index contributed by atoms with van der Waals surface area (Å²) in [4.78, 5) is 14.3. The SMILES string of the molecule is C[C@@H]1CCCN(C(=O)CNc2ccc(-c3nnnn3C3CC3)cc2)C1. The molecular formula is C18H24N6O. The number of carbonyl (C=O) groups excluding carboxylic acids is 1. The molecule has 0 radical (unpaired) electrons. The highest BCUT2D eigenvalue weighted by atomic mass is 16.2. The van der Waals surface area contributed by atoms with E-state index in [9.17, 15) is 4.79 Å². The van der Waals surface area contributed by atoms with Gasteiger partial charge in [0.2, 0.25) is 5.91 Å². The zero-order chi connectivity index (χ0) is 17.2. The van der Waals surface area contributed by atoms with Crippen LogP contribution in [0.4, 0.5) is 5.69 Å². The Morgan fingerprint density at radius 3 is 2.76 bits per heavy atom. The monoisotopic (exact) mass is 340 g/mol. The molecule has 4 rings (SSSR count). The highest BCUT2D eigenvalue weighted by Crippen LogP contribution is 2.36. The van der Waals surface area contributed by atoms with Gasteiger partial charge in [-0.05, 0) is 66.3 Å². The van der Waals surface area contributed by atoms with Crippen molar-refractivity contribution in [3.05, 3.63) is 24.3 Å². The van der Waals surface area contributed by atoms with E-state index in [1.807, 2.05) is 33.8 Å². The van der Waals surface area contributed by atoms with Gasteiger partial charge in [0.1, 0.15) is 0 Å². The standard InChI is InChI=1S/C18H24N6O/c1-13-3-2-10-23(12-13)17(25)11-19-15-6-4-14(5-7-15)18-20-21-22-24(18)16-8-9-16/h4-7,13,16,19H,2-3,8-12H2,1H3/t13-/m1/s1. The molecule has 25 heavy (non-hydrogen) atoms. The number of piperidine rings is 1. The van der Waals surface area contributed by atoms with Crippen LogP contribution < -0.4 is 5.32 Å². The van der Waals surface area contributed by atoms with Gasteiger partial charge < -0.3 is 10.2 Å². The Balaban J connectivity index is 1.36. The Bertz CT molecular complexity index is 736. The van der Waals surface area contributed by atoms with Crippen molar-refractivity contribution in [1.82, 2.24) is 25.1 Å². The molecule has 2 aromatic rings. The van der Waals surface area contributed by atoms with Crippen molar-refractivity contribution in [2.75, 3.05) is 25.0 Å². The molecule has 2 heterocycles. The van der Waals surface area contributed by atoms with E-state index < -0.39 is 0 Å². The Kier molecular flexibility index (Phi) is 4.38. The summed E-state index contributed by atoms with van der Waals surface area (Å²) in [5, 5.41) is 15.3. The first-order valence-corrected chi connectivity index (χ1v) is 9.10. The third kappa shape index (κ3) is 3.65. The predicted molar refractivity (Wildman–Crippen MR) is 95.0 cm³/mol. The minimum absolute atomic E-state index is 0.174. The average molecular weight is 340 g/mol. The molecule has 1 atom stereocenters. The van der Waals surface area contributed by atoms with E-state index >= 15 is 0 Å². The van der Waals surface area contributed by atoms with Crippen LogP contribution >= 0.6 is 0 Å². The molecule has 1 saturated carbocycles. The first-order valence-electron chi connectivity index (χ1n) is 9.10. The maximum atomic E-state index is 12.3. The fourth-order valence-electron chi connectivity index (χ4n) is 3.39. The van der Waals surface area contributed by atoms with Crippen LogP contribution in [0.2, 0.25) is 0 Å². The fraction of sp³-hybridized carbons (Fsp3) is 0.556. The van der Waals surface area contributed by atoms with Crippen molar-refractivity contribution in [3.8, 4) is 11.4 Å². The van der Waals surface area contributed by atoms with Crippen molar-refractivity contribution in [2.24, 2.45) is 5.92 Å². The summed E-state index contributed by atoms with van der Waals surface area (Å²) >= 11 is 0. The third-order valence-electron chi connectivity index (χ3n) is 4.98. The van der Waals surface area contributed by atoms with Crippen LogP contribution in [-0.4, -0.2) is 50.6 Å². The number of carbonyl (C=O) groups is 1. The Morgan fingerprint density at radius 2 is 2.04 bits per heavy atom. The summed E-state index contributed by atoms with van der Waals surface area (Å²) in [6.07, 6.45) is 4.63. The smallest absolute Gasteiger partial charge is 0.241 e. The highest BCUT2D eigenvalue weighted by molar-refractivity contribution is 5.81. The van der Waals surface area contributed by atoms with Crippen molar-refractivity contribution in [2.45, 2.75) is 38.6 Å². The molecule has 1 aromatic carbocycles. The van der Waals surface area contributed by atoms with Gasteiger partial charge in [0.25, 0.3) is 0 Å². The number of nitrogens with zero attached hydrogens (tertiary/aromatic N) is 5. The lowest BCUT2D eigenvalue weighted by atomic mass is 10.0. The first-order chi connectivity index (χ1) is 12.2. The average Bonchev–Trinajstić information content (AvgIpc) is 3.37. The summed E-state index contributed by atoms with van der Waals surface area (Å²) in [5.74, 6) is 1.59. The van der Waals surface area contributed by atoms with E-state index in [-0.39, 0.29) is 5.91 Å². The fourth-order valence-corrected chi connectivity index (χ4v) is 3.39. The van der Waals surface area contributed by atoms with E-state index in [2.05, 4.69) is 27.8 Å². The summed E-state index contributed by atoms with van der Waals surface area (Å²) in [7, 11) is 0.